The summed E-state index contributed by atoms with van der Waals surface area (Å²) in [7, 11) is 0. The van der Waals surface area contributed by atoms with E-state index in [-0.39, 0.29) is 11.6 Å². The summed E-state index contributed by atoms with van der Waals surface area (Å²) in [6.07, 6.45) is 1.59. The third kappa shape index (κ3) is 3.15. The topological polar surface area (TPSA) is 59.8 Å². The lowest BCUT2D eigenvalue weighted by Gasteiger charge is -2.04. The number of carbonyl (C=O) groups is 1. The number of hydrogen-bond acceptors (Lipinski definition) is 3. The maximum Gasteiger partial charge on any atom is 0.273 e. The Hall–Kier alpha value is -2.66. The van der Waals surface area contributed by atoms with Gasteiger partial charge in [0.1, 0.15) is 0 Å². The highest BCUT2D eigenvalue weighted by Gasteiger charge is 2.11. The highest BCUT2D eigenvalue weighted by molar-refractivity contribution is 6.31. The summed E-state index contributed by atoms with van der Waals surface area (Å²) in [6.45, 7) is 0.344. The van der Waals surface area contributed by atoms with Crippen LogP contribution in [0.4, 0.5) is 0 Å². The minimum atomic E-state index is -0.290. The van der Waals surface area contributed by atoms with Gasteiger partial charge in [-0.25, -0.2) is 4.68 Å². The van der Waals surface area contributed by atoms with Crippen LogP contribution in [0.15, 0.2) is 60.8 Å². The molecule has 5 nitrogen and oxygen atoms in total. The summed E-state index contributed by atoms with van der Waals surface area (Å²) in [5.74, 6) is -0.290. The van der Waals surface area contributed by atoms with Gasteiger partial charge < -0.3 is 5.32 Å². The standard InChI is InChI=1S/C16H13ClN4O/c17-14-9-5-4-6-12(14)10-18-16(22)15-11-21(20-19-15)13-7-2-1-3-8-13/h1-9,11H,10H2,(H,18,22). The number of hydrogen-bond donors (Lipinski definition) is 1. The first-order valence-corrected chi connectivity index (χ1v) is 7.11. The smallest absolute Gasteiger partial charge is 0.273 e. The van der Waals surface area contributed by atoms with Crippen molar-refractivity contribution in [2.24, 2.45) is 0 Å². The van der Waals surface area contributed by atoms with E-state index in [2.05, 4.69) is 15.6 Å². The second-order valence-corrected chi connectivity index (χ2v) is 5.07. The molecule has 0 spiro atoms. The van der Waals surface area contributed by atoms with Crippen molar-refractivity contribution >= 4 is 17.5 Å². The number of aromatic nitrogens is 3. The lowest BCUT2D eigenvalue weighted by atomic mass is 10.2. The van der Waals surface area contributed by atoms with Gasteiger partial charge in [0.2, 0.25) is 0 Å². The molecule has 0 radical (unpaired) electrons. The second kappa shape index (κ2) is 6.41. The molecule has 0 aliphatic heterocycles. The first kappa shape index (κ1) is 14.3. The predicted molar refractivity (Wildman–Crippen MR) is 84.0 cm³/mol. The minimum absolute atomic E-state index is 0.260. The van der Waals surface area contributed by atoms with Crippen molar-refractivity contribution < 1.29 is 4.79 Å². The van der Waals surface area contributed by atoms with Gasteiger partial charge in [-0.3, -0.25) is 4.79 Å². The Morgan fingerprint density at radius 2 is 1.82 bits per heavy atom. The average Bonchev–Trinajstić information content (AvgIpc) is 3.05. The van der Waals surface area contributed by atoms with Gasteiger partial charge in [0.05, 0.1) is 11.9 Å². The Kier molecular flexibility index (Phi) is 4.16. The quantitative estimate of drug-likeness (QED) is 0.806. The van der Waals surface area contributed by atoms with Gasteiger partial charge in [-0.05, 0) is 23.8 Å². The lowest BCUT2D eigenvalue weighted by molar-refractivity contribution is 0.0946. The van der Waals surface area contributed by atoms with Gasteiger partial charge in [0.25, 0.3) is 5.91 Å². The van der Waals surface area contributed by atoms with E-state index in [4.69, 9.17) is 11.6 Å². The number of benzene rings is 2. The number of rotatable bonds is 4. The van der Waals surface area contributed by atoms with Crippen molar-refractivity contribution in [1.29, 1.82) is 0 Å². The van der Waals surface area contributed by atoms with E-state index >= 15 is 0 Å². The molecule has 0 aliphatic rings. The maximum absolute atomic E-state index is 12.1. The second-order valence-electron chi connectivity index (χ2n) is 4.66. The van der Waals surface area contributed by atoms with E-state index in [9.17, 15) is 4.79 Å². The number of para-hydroxylation sites is 1. The van der Waals surface area contributed by atoms with Gasteiger partial charge in [-0.15, -0.1) is 5.10 Å². The van der Waals surface area contributed by atoms with Gasteiger partial charge in [0, 0.05) is 11.6 Å². The van der Waals surface area contributed by atoms with Crippen molar-refractivity contribution in [3.05, 3.63) is 77.1 Å². The van der Waals surface area contributed by atoms with Crippen LogP contribution < -0.4 is 5.32 Å². The Labute approximate surface area is 132 Å². The molecule has 110 valence electrons. The van der Waals surface area contributed by atoms with E-state index in [0.717, 1.165) is 11.3 Å². The highest BCUT2D eigenvalue weighted by Crippen LogP contribution is 2.14. The fraction of sp³-hybridized carbons (Fsp3) is 0.0625. The molecule has 1 aromatic heterocycles. The molecule has 1 N–H and O–H groups in total. The molecule has 6 heteroatoms. The van der Waals surface area contributed by atoms with Crippen LogP contribution in [0.2, 0.25) is 5.02 Å². The molecular weight excluding hydrogens is 300 g/mol. The molecule has 3 rings (SSSR count). The highest BCUT2D eigenvalue weighted by atomic mass is 35.5. The van der Waals surface area contributed by atoms with Crippen LogP contribution in [0, 0.1) is 0 Å². The zero-order chi connectivity index (χ0) is 15.4. The van der Waals surface area contributed by atoms with Crippen LogP contribution in [-0.2, 0) is 6.54 Å². The van der Waals surface area contributed by atoms with E-state index in [1.54, 1.807) is 16.9 Å². The molecule has 1 heterocycles. The molecule has 0 atom stereocenters. The first-order chi connectivity index (χ1) is 10.7. The first-order valence-electron chi connectivity index (χ1n) is 6.73. The number of nitrogens with one attached hydrogen (secondary N) is 1. The molecule has 0 saturated heterocycles. The van der Waals surface area contributed by atoms with Crippen molar-refractivity contribution in [3.8, 4) is 5.69 Å². The molecule has 3 aromatic rings. The van der Waals surface area contributed by atoms with E-state index in [1.807, 2.05) is 48.5 Å². The largest absolute Gasteiger partial charge is 0.346 e. The van der Waals surface area contributed by atoms with Gasteiger partial charge in [-0.2, -0.15) is 0 Å². The fourth-order valence-corrected chi connectivity index (χ4v) is 2.19. The monoisotopic (exact) mass is 312 g/mol. The van der Waals surface area contributed by atoms with Crippen LogP contribution in [0.25, 0.3) is 5.69 Å². The zero-order valence-electron chi connectivity index (χ0n) is 11.6. The third-order valence-corrected chi connectivity index (χ3v) is 3.51. The molecule has 0 saturated carbocycles. The zero-order valence-corrected chi connectivity index (χ0v) is 12.4. The number of carbonyl (C=O) groups excluding carboxylic acids is 1. The van der Waals surface area contributed by atoms with Crippen LogP contribution >= 0.6 is 11.6 Å². The number of amides is 1. The van der Waals surface area contributed by atoms with E-state index in [1.165, 1.54) is 0 Å². The summed E-state index contributed by atoms with van der Waals surface area (Å²) in [4.78, 5) is 12.1. The molecule has 0 aliphatic carbocycles. The van der Waals surface area contributed by atoms with E-state index < -0.39 is 0 Å². The van der Waals surface area contributed by atoms with E-state index in [0.29, 0.717) is 11.6 Å². The molecule has 0 bridgehead atoms. The predicted octanol–water partition coefficient (Wildman–Crippen LogP) is 2.85. The van der Waals surface area contributed by atoms with Crippen molar-refractivity contribution in [2.45, 2.75) is 6.54 Å². The minimum Gasteiger partial charge on any atom is -0.346 e. The van der Waals surface area contributed by atoms with Crippen LogP contribution in [-0.4, -0.2) is 20.9 Å². The summed E-state index contributed by atoms with van der Waals surface area (Å²) in [5, 5.41) is 11.3. The van der Waals surface area contributed by atoms with Crippen LogP contribution in [0.3, 0.4) is 0 Å². The van der Waals surface area contributed by atoms with Crippen molar-refractivity contribution in [1.82, 2.24) is 20.3 Å². The van der Waals surface area contributed by atoms with Gasteiger partial charge >= 0.3 is 0 Å². The Bertz CT molecular complexity index is 786. The number of halogens is 1. The van der Waals surface area contributed by atoms with Crippen molar-refractivity contribution in [2.75, 3.05) is 0 Å². The molecule has 22 heavy (non-hydrogen) atoms. The molecule has 0 fully saturated rings. The molecular formula is C16H13ClN4O. The summed E-state index contributed by atoms with van der Waals surface area (Å²) in [5.41, 5.74) is 1.96. The summed E-state index contributed by atoms with van der Waals surface area (Å²) >= 11 is 6.05. The molecule has 2 aromatic carbocycles. The maximum atomic E-state index is 12.1. The lowest BCUT2D eigenvalue weighted by Crippen LogP contribution is -2.23. The van der Waals surface area contributed by atoms with Crippen LogP contribution in [0.1, 0.15) is 16.1 Å². The molecule has 0 unspecified atom stereocenters. The Morgan fingerprint density at radius 1 is 1.09 bits per heavy atom. The summed E-state index contributed by atoms with van der Waals surface area (Å²) < 4.78 is 1.56. The SMILES string of the molecule is O=C(NCc1ccccc1Cl)c1cn(-c2ccccc2)nn1. The van der Waals surface area contributed by atoms with Gasteiger partial charge in [-0.1, -0.05) is 53.2 Å². The normalized spacial score (nSPS) is 10.4. The number of nitrogens with zero attached hydrogens (tertiary/aromatic N) is 3. The molecule has 1 amide bonds. The van der Waals surface area contributed by atoms with Crippen LogP contribution in [0.5, 0.6) is 0 Å². The van der Waals surface area contributed by atoms with Crippen molar-refractivity contribution in [3.63, 3.8) is 0 Å². The average molecular weight is 313 g/mol. The summed E-state index contributed by atoms with van der Waals surface area (Å²) in [6, 6.07) is 16.9. The Morgan fingerprint density at radius 3 is 2.59 bits per heavy atom. The Balaban J connectivity index is 1.69. The van der Waals surface area contributed by atoms with Gasteiger partial charge in [0.15, 0.2) is 5.69 Å². The third-order valence-electron chi connectivity index (χ3n) is 3.14. The fourth-order valence-electron chi connectivity index (χ4n) is 1.98.